The minimum Gasteiger partial charge on any atom is -0.399 e. The molecule has 0 aliphatic heterocycles. The number of hydrogen-bond donors (Lipinski definition) is 5. The summed E-state index contributed by atoms with van der Waals surface area (Å²) in [7, 11) is 0. The molecule has 0 aliphatic carbocycles. The fourth-order valence-corrected chi connectivity index (χ4v) is 4.15. The van der Waals surface area contributed by atoms with Gasteiger partial charge in [-0.25, -0.2) is 0 Å². The fourth-order valence-electron chi connectivity index (χ4n) is 4.15. The number of amides is 2. The molecular formula is C32H27N5O2. The summed E-state index contributed by atoms with van der Waals surface area (Å²) in [4.78, 5) is 25.0. The van der Waals surface area contributed by atoms with Crippen LogP contribution in [0.25, 0.3) is 22.3 Å². The molecule has 192 valence electrons. The van der Waals surface area contributed by atoms with Crippen LogP contribution in [0.2, 0.25) is 0 Å². The molecule has 5 aromatic carbocycles. The zero-order valence-corrected chi connectivity index (χ0v) is 21.0. The van der Waals surface area contributed by atoms with Crippen molar-refractivity contribution in [3.63, 3.8) is 0 Å². The number of carbonyl (C=O) groups excluding carboxylic acids is 2. The van der Waals surface area contributed by atoms with Crippen LogP contribution in [0.15, 0.2) is 115 Å². The summed E-state index contributed by atoms with van der Waals surface area (Å²) in [5.74, 6) is -0.413. The molecule has 7 nitrogen and oxygen atoms in total. The van der Waals surface area contributed by atoms with Gasteiger partial charge >= 0.3 is 0 Å². The topological polar surface area (TPSA) is 136 Å². The van der Waals surface area contributed by atoms with Crippen LogP contribution in [0, 0.1) is 0 Å². The Labute approximate surface area is 226 Å². The van der Waals surface area contributed by atoms with Gasteiger partial charge in [-0.15, -0.1) is 0 Å². The second-order valence-corrected chi connectivity index (χ2v) is 9.15. The van der Waals surface area contributed by atoms with Crippen molar-refractivity contribution in [2.75, 3.05) is 27.8 Å². The van der Waals surface area contributed by atoms with Gasteiger partial charge in [0.25, 0.3) is 11.8 Å². The summed E-state index contributed by atoms with van der Waals surface area (Å²) in [6.07, 6.45) is 0. The Hall–Kier alpha value is -5.56. The maximum Gasteiger partial charge on any atom is 0.255 e. The van der Waals surface area contributed by atoms with Gasteiger partial charge in [0.1, 0.15) is 0 Å². The highest BCUT2D eigenvalue weighted by atomic mass is 16.2. The van der Waals surface area contributed by atoms with E-state index in [0.29, 0.717) is 39.6 Å². The van der Waals surface area contributed by atoms with E-state index < -0.39 is 0 Å². The van der Waals surface area contributed by atoms with Gasteiger partial charge in [0, 0.05) is 39.6 Å². The normalized spacial score (nSPS) is 10.6. The van der Waals surface area contributed by atoms with E-state index in [1.54, 1.807) is 48.5 Å². The highest BCUT2D eigenvalue weighted by Gasteiger charge is 2.09. The molecule has 0 unspecified atom stereocenters. The minimum atomic E-state index is -0.206. The molecule has 0 heterocycles. The van der Waals surface area contributed by atoms with Crippen LogP contribution < -0.4 is 27.8 Å². The van der Waals surface area contributed by atoms with Crippen LogP contribution in [-0.4, -0.2) is 11.8 Å². The van der Waals surface area contributed by atoms with Gasteiger partial charge < -0.3 is 27.8 Å². The van der Waals surface area contributed by atoms with Crippen molar-refractivity contribution in [1.82, 2.24) is 0 Å². The molecule has 0 saturated carbocycles. The largest absolute Gasteiger partial charge is 0.399 e. The lowest BCUT2D eigenvalue weighted by molar-refractivity contribution is 0.101. The Kier molecular flexibility index (Phi) is 6.96. The lowest BCUT2D eigenvalue weighted by Gasteiger charge is -2.11. The molecule has 0 fully saturated rings. The maximum atomic E-state index is 12.5. The fraction of sp³-hybridized carbons (Fsp3) is 0. The number of hydrogen-bond acceptors (Lipinski definition) is 5. The van der Waals surface area contributed by atoms with Crippen LogP contribution in [-0.2, 0) is 0 Å². The van der Waals surface area contributed by atoms with Gasteiger partial charge in [0.2, 0.25) is 0 Å². The molecule has 0 atom stereocenters. The predicted molar refractivity (Wildman–Crippen MR) is 159 cm³/mol. The van der Waals surface area contributed by atoms with Crippen molar-refractivity contribution in [2.24, 2.45) is 0 Å². The molecule has 0 aromatic heterocycles. The number of nitrogen functional groups attached to an aromatic ring is 3. The third-order valence-corrected chi connectivity index (χ3v) is 6.25. The van der Waals surface area contributed by atoms with Crippen LogP contribution in [0.4, 0.5) is 28.4 Å². The Morgan fingerprint density at radius 1 is 0.410 bits per heavy atom. The molecular weight excluding hydrogens is 486 g/mol. The first kappa shape index (κ1) is 25.1. The Bertz CT molecular complexity index is 1510. The van der Waals surface area contributed by atoms with E-state index in [1.807, 2.05) is 60.7 Å². The molecule has 5 rings (SSSR count). The zero-order chi connectivity index (χ0) is 27.4. The van der Waals surface area contributed by atoms with Crippen molar-refractivity contribution in [1.29, 1.82) is 0 Å². The molecule has 0 radical (unpaired) electrons. The van der Waals surface area contributed by atoms with Gasteiger partial charge in [0.15, 0.2) is 0 Å². The Morgan fingerprint density at radius 2 is 0.769 bits per heavy atom. The molecule has 0 aliphatic rings. The summed E-state index contributed by atoms with van der Waals surface area (Å²) in [5, 5.41) is 5.79. The van der Waals surface area contributed by atoms with Crippen molar-refractivity contribution < 1.29 is 9.59 Å². The summed E-state index contributed by atoms with van der Waals surface area (Å²) >= 11 is 0. The van der Waals surface area contributed by atoms with Gasteiger partial charge in [-0.2, -0.15) is 0 Å². The standard InChI is InChI=1S/C32H27N5O2/c33-26-9-1-22(2-10-26)31(38)36-29-13-5-20(6-14-29)24-17-25(19-28(35)18-24)21-7-15-30(16-8-21)37-32(39)23-3-11-27(34)12-4-23/h1-19H,33-35H2,(H,36,38)(H,37,39). The van der Waals surface area contributed by atoms with E-state index in [2.05, 4.69) is 16.7 Å². The van der Waals surface area contributed by atoms with E-state index in [-0.39, 0.29) is 11.8 Å². The lowest BCUT2D eigenvalue weighted by Crippen LogP contribution is -2.11. The number of anilines is 5. The second-order valence-electron chi connectivity index (χ2n) is 9.15. The van der Waals surface area contributed by atoms with Gasteiger partial charge in [-0.1, -0.05) is 24.3 Å². The number of benzene rings is 5. The monoisotopic (exact) mass is 513 g/mol. The van der Waals surface area contributed by atoms with E-state index in [9.17, 15) is 9.59 Å². The SMILES string of the molecule is Nc1ccc(C(=O)Nc2ccc(-c3cc(N)cc(-c4ccc(NC(=O)c5ccc(N)cc5)cc4)c3)cc2)cc1. The van der Waals surface area contributed by atoms with Crippen LogP contribution in [0.5, 0.6) is 0 Å². The van der Waals surface area contributed by atoms with Crippen LogP contribution in [0.1, 0.15) is 20.7 Å². The maximum absolute atomic E-state index is 12.5. The number of carbonyl (C=O) groups is 2. The molecule has 0 saturated heterocycles. The average molecular weight is 514 g/mol. The van der Waals surface area contributed by atoms with Crippen molar-refractivity contribution in [3.05, 3.63) is 126 Å². The van der Waals surface area contributed by atoms with Gasteiger partial charge in [0.05, 0.1) is 0 Å². The number of rotatable bonds is 6. The summed E-state index contributed by atoms with van der Waals surface area (Å²) < 4.78 is 0. The minimum absolute atomic E-state index is 0.206. The van der Waals surface area contributed by atoms with Crippen molar-refractivity contribution >= 4 is 40.3 Å². The summed E-state index contributed by atoms with van der Waals surface area (Å²) in [6, 6.07) is 34.6. The summed E-state index contributed by atoms with van der Waals surface area (Å²) in [6.45, 7) is 0. The highest BCUT2D eigenvalue weighted by Crippen LogP contribution is 2.31. The third kappa shape index (κ3) is 6.06. The molecule has 8 N–H and O–H groups in total. The predicted octanol–water partition coefficient (Wildman–Crippen LogP) is 6.27. The first-order valence-corrected chi connectivity index (χ1v) is 12.3. The van der Waals surface area contributed by atoms with Crippen LogP contribution >= 0.6 is 0 Å². The third-order valence-electron chi connectivity index (χ3n) is 6.25. The van der Waals surface area contributed by atoms with E-state index in [0.717, 1.165) is 22.3 Å². The Morgan fingerprint density at radius 3 is 1.13 bits per heavy atom. The van der Waals surface area contributed by atoms with E-state index >= 15 is 0 Å². The van der Waals surface area contributed by atoms with Crippen molar-refractivity contribution in [2.45, 2.75) is 0 Å². The lowest BCUT2D eigenvalue weighted by atomic mass is 9.98. The molecule has 0 bridgehead atoms. The second kappa shape index (κ2) is 10.8. The van der Waals surface area contributed by atoms with E-state index in [4.69, 9.17) is 17.2 Å². The molecule has 7 heteroatoms. The summed E-state index contributed by atoms with van der Waals surface area (Å²) in [5.41, 5.74) is 25.7. The van der Waals surface area contributed by atoms with Crippen LogP contribution in [0.3, 0.4) is 0 Å². The molecule has 5 aromatic rings. The van der Waals surface area contributed by atoms with Crippen molar-refractivity contribution in [3.8, 4) is 22.3 Å². The molecule has 2 amide bonds. The van der Waals surface area contributed by atoms with Gasteiger partial charge in [-0.05, 0) is 113 Å². The zero-order valence-electron chi connectivity index (χ0n) is 21.0. The quantitative estimate of drug-likeness (QED) is 0.170. The molecule has 0 spiro atoms. The first-order chi connectivity index (χ1) is 18.8. The average Bonchev–Trinajstić information content (AvgIpc) is 2.94. The molecule has 39 heavy (non-hydrogen) atoms. The number of nitrogens with two attached hydrogens (primary N) is 3. The highest BCUT2D eigenvalue weighted by molar-refractivity contribution is 6.05. The first-order valence-electron chi connectivity index (χ1n) is 12.3. The van der Waals surface area contributed by atoms with E-state index in [1.165, 1.54) is 0 Å². The number of nitrogens with one attached hydrogen (secondary N) is 2. The smallest absolute Gasteiger partial charge is 0.255 e. The Balaban J connectivity index is 1.29. The van der Waals surface area contributed by atoms with Gasteiger partial charge in [-0.3, -0.25) is 9.59 Å².